The van der Waals surface area contributed by atoms with Crippen LogP contribution in [0.4, 0.5) is 11.4 Å². The van der Waals surface area contributed by atoms with E-state index in [1.807, 2.05) is 25.1 Å². The second kappa shape index (κ2) is 8.04. The Morgan fingerprint density at radius 3 is 2.67 bits per heavy atom. The molecule has 1 heterocycles. The van der Waals surface area contributed by atoms with Crippen molar-refractivity contribution < 1.29 is 14.3 Å². The zero-order valence-electron chi connectivity index (χ0n) is 14.9. The van der Waals surface area contributed by atoms with Gasteiger partial charge in [0, 0.05) is 31.3 Å². The third-order valence-corrected chi connectivity index (χ3v) is 4.00. The van der Waals surface area contributed by atoms with Crippen LogP contribution < -0.4 is 20.3 Å². The number of amides is 2. The van der Waals surface area contributed by atoms with Crippen LogP contribution in [0.25, 0.3) is 0 Å². The quantitative estimate of drug-likeness (QED) is 0.804. The van der Waals surface area contributed by atoms with E-state index < -0.39 is 0 Å². The molecule has 0 radical (unpaired) electrons. The maximum atomic E-state index is 12.1. The number of hydrogen-bond acceptors (Lipinski definition) is 4. The van der Waals surface area contributed by atoms with Crippen LogP contribution >= 0.6 is 0 Å². The van der Waals surface area contributed by atoms with E-state index >= 15 is 0 Å². The van der Waals surface area contributed by atoms with Crippen LogP contribution in [-0.2, 0) is 9.59 Å². The first-order valence-electron chi connectivity index (χ1n) is 8.45. The number of ether oxygens (including phenoxy) is 1. The summed E-state index contributed by atoms with van der Waals surface area (Å²) in [5.74, 6) is 1.13. The van der Waals surface area contributed by atoms with Crippen molar-refractivity contribution in [2.75, 3.05) is 30.4 Å². The zero-order chi connectivity index (χ0) is 17.7. The summed E-state index contributed by atoms with van der Waals surface area (Å²) < 4.78 is 5.43. The Labute approximate surface area is 143 Å². The van der Waals surface area contributed by atoms with Crippen molar-refractivity contribution in [3.05, 3.63) is 18.2 Å². The Morgan fingerprint density at radius 1 is 1.33 bits per heavy atom. The number of benzene rings is 1. The van der Waals surface area contributed by atoms with Gasteiger partial charge in [-0.2, -0.15) is 0 Å². The largest absolute Gasteiger partial charge is 0.494 e. The molecule has 1 atom stereocenters. The lowest BCUT2D eigenvalue weighted by Crippen LogP contribution is -2.39. The van der Waals surface area contributed by atoms with Crippen molar-refractivity contribution in [2.45, 2.75) is 39.7 Å². The fourth-order valence-corrected chi connectivity index (χ4v) is 2.67. The van der Waals surface area contributed by atoms with Gasteiger partial charge in [0.1, 0.15) is 11.8 Å². The molecular formula is C18H27N3O3. The Morgan fingerprint density at radius 2 is 2.08 bits per heavy atom. The highest BCUT2D eigenvalue weighted by atomic mass is 16.5. The summed E-state index contributed by atoms with van der Waals surface area (Å²) in [6.07, 6.45) is 1.45. The maximum Gasteiger partial charge on any atom is 0.242 e. The first-order valence-corrected chi connectivity index (χ1v) is 8.45. The first-order chi connectivity index (χ1) is 11.4. The third kappa shape index (κ3) is 4.40. The molecule has 6 nitrogen and oxygen atoms in total. The number of nitrogens with zero attached hydrogens (tertiary/aromatic N) is 1. The summed E-state index contributed by atoms with van der Waals surface area (Å²) in [5.41, 5.74) is 1.57. The van der Waals surface area contributed by atoms with Gasteiger partial charge in [-0.15, -0.1) is 0 Å². The minimum absolute atomic E-state index is 0.0403. The minimum atomic E-state index is -0.354. The van der Waals surface area contributed by atoms with Gasteiger partial charge in [0.05, 0.1) is 12.8 Å². The van der Waals surface area contributed by atoms with Gasteiger partial charge in [-0.25, -0.2) is 0 Å². The van der Waals surface area contributed by atoms with Gasteiger partial charge >= 0.3 is 0 Å². The molecule has 0 aromatic heterocycles. The molecule has 0 saturated carbocycles. The topological polar surface area (TPSA) is 70.7 Å². The van der Waals surface area contributed by atoms with Crippen molar-refractivity contribution in [1.82, 2.24) is 5.32 Å². The molecule has 6 heteroatoms. The summed E-state index contributed by atoms with van der Waals surface area (Å²) in [5, 5.41) is 6.08. The Balaban J connectivity index is 2.06. The molecule has 1 saturated heterocycles. The van der Waals surface area contributed by atoms with Crippen molar-refractivity contribution in [3.8, 4) is 5.75 Å². The number of carbonyl (C=O) groups excluding carboxylic acids is 2. The molecule has 0 spiro atoms. The smallest absolute Gasteiger partial charge is 0.242 e. The van der Waals surface area contributed by atoms with Gasteiger partial charge in [-0.3, -0.25) is 9.59 Å². The maximum absolute atomic E-state index is 12.1. The number of nitrogens with one attached hydrogen (secondary N) is 2. The number of carbonyl (C=O) groups is 2. The molecule has 24 heavy (non-hydrogen) atoms. The normalized spacial score (nSPS) is 15.5. The van der Waals surface area contributed by atoms with E-state index in [0.717, 1.165) is 24.3 Å². The summed E-state index contributed by atoms with van der Waals surface area (Å²) in [6, 6.07) is 5.21. The molecule has 1 aromatic rings. The van der Waals surface area contributed by atoms with Crippen molar-refractivity contribution >= 4 is 23.2 Å². The van der Waals surface area contributed by atoms with E-state index in [4.69, 9.17) is 4.74 Å². The van der Waals surface area contributed by atoms with Gasteiger partial charge in [0.25, 0.3) is 0 Å². The van der Waals surface area contributed by atoms with Gasteiger partial charge in [0.2, 0.25) is 11.8 Å². The fourth-order valence-electron chi connectivity index (χ4n) is 2.67. The zero-order valence-corrected chi connectivity index (χ0v) is 14.9. The molecule has 132 valence electrons. The number of hydrogen-bond donors (Lipinski definition) is 2. The van der Waals surface area contributed by atoms with E-state index in [2.05, 4.69) is 24.5 Å². The molecule has 1 aliphatic heterocycles. The van der Waals surface area contributed by atoms with E-state index in [-0.39, 0.29) is 17.9 Å². The van der Waals surface area contributed by atoms with Crippen LogP contribution in [0.15, 0.2) is 18.2 Å². The van der Waals surface area contributed by atoms with Crippen LogP contribution in [0.1, 0.15) is 33.6 Å². The summed E-state index contributed by atoms with van der Waals surface area (Å²) in [6.45, 7) is 7.31. The Kier molecular flexibility index (Phi) is 6.06. The number of rotatable bonds is 7. The molecule has 1 fully saturated rings. The van der Waals surface area contributed by atoms with Crippen LogP contribution in [0.5, 0.6) is 5.75 Å². The molecule has 0 aliphatic carbocycles. The van der Waals surface area contributed by atoms with Gasteiger partial charge < -0.3 is 20.3 Å². The lowest BCUT2D eigenvalue weighted by molar-refractivity contribution is -0.121. The lowest BCUT2D eigenvalue weighted by atomic mass is 10.2. The molecule has 2 rings (SSSR count). The molecular weight excluding hydrogens is 306 g/mol. The average Bonchev–Trinajstić information content (AvgIpc) is 2.98. The predicted molar refractivity (Wildman–Crippen MR) is 95.5 cm³/mol. The predicted octanol–water partition coefficient (Wildman–Crippen LogP) is 2.39. The minimum Gasteiger partial charge on any atom is -0.494 e. The average molecular weight is 333 g/mol. The standard InChI is InChI=1S/C18H27N3O3/c1-12(2)11-19-18(23)13(3)20-14-7-8-15(16(10-14)24-4)21-9-5-6-17(21)22/h7-8,10,12-13,20H,5-6,9,11H2,1-4H3,(H,19,23). The van der Waals surface area contributed by atoms with Crippen LogP contribution in [0, 0.1) is 5.92 Å². The highest BCUT2D eigenvalue weighted by Crippen LogP contribution is 2.33. The summed E-state index contributed by atoms with van der Waals surface area (Å²) in [7, 11) is 1.59. The van der Waals surface area contributed by atoms with Crippen molar-refractivity contribution in [3.63, 3.8) is 0 Å². The molecule has 2 N–H and O–H groups in total. The number of methoxy groups -OCH3 is 1. The van der Waals surface area contributed by atoms with E-state index in [9.17, 15) is 9.59 Å². The SMILES string of the molecule is COc1cc(NC(C)C(=O)NCC(C)C)ccc1N1CCCC1=O. The second-order valence-corrected chi connectivity index (χ2v) is 6.54. The van der Waals surface area contributed by atoms with Crippen molar-refractivity contribution in [2.24, 2.45) is 5.92 Å². The van der Waals surface area contributed by atoms with E-state index in [1.54, 1.807) is 12.0 Å². The second-order valence-electron chi connectivity index (χ2n) is 6.54. The lowest BCUT2D eigenvalue weighted by Gasteiger charge is -2.21. The van der Waals surface area contributed by atoms with Gasteiger partial charge in [-0.05, 0) is 31.4 Å². The Bertz CT molecular complexity index is 601. The van der Waals surface area contributed by atoms with Gasteiger partial charge in [-0.1, -0.05) is 13.8 Å². The number of anilines is 2. The Hall–Kier alpha value is -2.24. The van der Waals surface area contributed by atoms with Crippen LogP contribution in [0.3, 0.4) is 0 Å². The van der Waals surface area contributed by atoms with Crippen LogP contribution in [-0.4, -0.2) is 38.1 Å². The fraction of sp³-hybridized carbons (Fsp3) is 0.556. The van der Waals surface area contributed by atoms with E-state index in [1.165, 1.54) is 0 Å². The van der Waals surface area contributed by atoms with Crippen LogP contribution in [0.2, 0.25) is 0 Å². The highest BCUT2D eigenvalue weighted by Gasteiger charge is 2.24. The molecule has 2 amide bonds. The molecule has 0 bridgehead atoms. The monoisotopic (exact) mass is 333 g/mol. The first kappa shape index (κ1) is 18.1. The molecule has 1 aromatic carbocycles. The third-order valence-electron chi connectivity index (χ3n) is 4.00. The van der Waals surface area contributed by atoms with Crippen molar-refractivity contribution in [1.29, 1.82) is 0 Å². The van der Waals surface area contributed by atoms with Gasteiger partial charge in [0.15, 0.2) is 0 Å². The molecule has 1 unspecified atom stereocenters. The highest BCUT2D eigenvalue weighted by molar-refractivity contribution is 5.97. The summed E-state index contributed by atoms with van der Waals surface area (Å²) in [4.78, 5) is 25.7. The summed E-state index contributed by atoms with van der Waals surface area (Å²) >= 11 is 0. The molecule has 1 aliphatic rings. The van der Waals surface area contributed by atoms with E-state index in [0.29, 0.717) is 24.6 Å².